The van der Waals surface area contributed by atoms with Gasteiger partial charge in [0.1, 0.15) is 5.69 Å². The quantitative estimate of drug-likeness (QED) is 0.744. The Hall–Kier alpha value is -2.16. The first kappa shape index (κ1) is 10.0. The number of aryl methyl sites for hydroxylation is 2. The molecule has 1 aliphatic carbocycles. The summed E-state index contributed by atoms with van der Waals surface area (Å²) in [5, 5.41) is 0. The van der Waals surface area contributed by atoms with Gasteiger partial charge < -0.3 is 5.73 Å². The Kier molecular flexibility index (Phi) is 2.18. The Labute approximate surface area is 99.3 Å². The van der Waals surface area contributed by atoms with Gasteiger partial charge >= 0.3 is 0 Å². The van der Waals surface area contributed by atoms with Crippen molar-refractivity contribution in [3.63, 3.8) is 0 Å². The number of pyridine rings is 1. The third-order valence-electron chi connectivity index (χ3n) is 3.13. The van der Waals surface area contributed by atoms with Crippen LogP contribution in [0.25, 0.3) is 0 Å². The maximum Gasteiger partial charge on any atom is 0.211 e. The minimum atomic E-state index is 0.00750. The Morgan fingerprint density at radius 1 is 1.12 bits per heavy atom. The minimum absolute atomic E-state index is 0.00750. The minimum Gasteiger partial charge on any atom is -0.397 e. The van der Waals surface area contributed by atoms with Gasteiger partial charge in [0.15, 0.2) is 0 Å². The van der Waals surface area contributed by atoms with Crippen molar-refractivity contribution in [3.05, 3.63) is 58.9 Å². The molecule has 0 fully saturated rings. The standard InChI is InChI=1S/C14H12N2O/c15-11-7-10-6-5-9-3-1-2-4-12(9)14(17)13(10)16-8-11/h1-4,7-8H,5-6,15H2. The van der Waals surface area contributed by atoms with Gasteiger partial charge in [-0.25, -0.2) is 0 Å². The van der Waals surface area contributed by atoms with Gasteiger partial charge in [-0.05, 0) is 30.0 Å². The number of carbonyl (C=O) groups is 1. The molecule has 0 bridgehead atoms. The highest BCUT2D eigenvalue weighted by Crippen LogP contribution is 2.23. The predicted octanol–water partition coefficient (Wildman–Crippen LogP) is 1.99. The van der Waals surface area contributed by atoms with Crippen LogP contribution in [0.4, 0.5) is 5.69 Å². The first-order valence-corrected chi connectivity index (χ1v) is 5.63. The Morgan fingerprint density at radius 3 is 2.76 bits per heavy atom. The van der Waals surface area contributed by atoms with Crippen molar-refractivity contribution in [2.75, 3.05) is 5.73 Å². The molecule has 0 unspecified atom stereocenters. The Bertz CT molecular complexity index is 605. The summed E-state index contributed by atoms with van der Waals surface area (Å²) < 4.78 is 0. The molecule has 0 atom stereocenters. The smallest absolute Gasteiger partial charge is 0.211 e. The van der Waals surface area contributed by atoms with Crippen LogP contribution < -0.4 is 5.73 Å². The van der Waals surface area contributed by atoms with Gasteiger partial charge in [0.25, 0.3) is 0 Å². The lowest BCUT2D eigenvalue weighted by Gasteiger charge is -2.04. The van der Waals surface area contributed by atoms with Gasteiger partial charge in [-0.15, -0.1) is 0 Å². The highest BCUT2D eigenvalue weighted by Gasteiger charge is 2.21. The van der Waals surface area contributed by atoms with Crippen LogP contribution in [0.5, 0.6) is 0 Å². The lowest BCUT2D eigenvalue weighted by Crippen LogP contribution is -2.07. The van der Waals surface area contributed by atoms with Gasteiger partial charge in [-0.2, -0.15) is 0 Å². The summed E-state index contributed by atoms with van der Waals surface area (Å²) in [4.78, 5) is 16.5. The number of anilines is 1. The monoisotopic (exact) mass is 224 g/mol. The third-order valence-corrected chi connectivity index (χ3v) is 3.13. The van der Waals surface area contributed by atoms with Gasteiger partial charge in [0.05, 0.1) is 11.9 Å². The van der Waals surface area contributed by atoms with Gasteiger partial charge in [0, 0.05) is 5.56 Å². The highest BCUT2D eigenvalue weighted by atomic mass is 16.1. The molecule has 3 rings (SSSR count). The van der Waals surface area contributed by atoms with Gasteiger partial charge in [-0.1, -0.05) is 24.3 Å². The van der Waals surface area contributed by atoms with Crippen LogP contribution in [0.3, 0.4) is 0 Å². The third kappa shape index (κ3) is 1.60. The molecule has 3 heteroatoms. The molecule has 2 aromatic rings. The Balaban J connectivity index is 2.20. The predicted molar refractivity (Wildman–Crippen MR) is 65.9 cm³/mol. The second-order valence-electron chi connectivity index (χ2n) is 4.26. The van der Waals surface area contributed by atoms with Crippen molar-refractivity contribution < 1.29 is 4.79 Å². The molecule has 1 aliphatic rings. The molecule has 1 heterocycles. The lowest BCUT2D eigenvalue weighted by atomic mass is 10.0. The molecule has 0 radical (unpaired) electrons. The fourth-order valence-corrected chi connectivity index (χ4v) is 2.28. The van der Waals surface area contributed by atoms with E-state index in [0.29, 0.717) is 11.4 Å². The van der Waals surface area contributed by atoms with E-state index in [1.54, 1.807) is 6.20 Å². The van der Waals surface area contributed by atoms with E-state index in [-0.39, 0.29) is 5.78 Å². The zero-order chi connectivity index (χ0) is 11.8. The van der Waals surface area contributed by atoms with E-state index in [1.165, 1.54) is 0 Å². The average molecular weight is 224 g/mol. The van der Waals surface area contributed by atoms with Crippen LogP contribution >= 0.6 is 0 Å². The number of rotatable bonds is 0. The number of benzene rings is 1. The summed E-state index contributed by atoms with van der Waals surface area (Å²) in [6.07, 6.45) is 3.22. The summed E-state index contributed by atoms with van der Waals surface area (Å²) in [5.41, 5.74) is 9.68. The highest BCUT2D eigenvalue weighted by molar-refractivity contribution is 6.10. The first-order valence-electron chi connectivity index (χ1n) is 5.63. The molecule has 0 amide bonds. The zero-order valence-electron chi connectivity index (χ0n) is 9.31. The molecule has 17 heavy (non-hydrogen) atoms. The number of nitrogen functional groups attached to an aromatic ring is 1. The Morgan fingerprint density at radius 2 is 1.88 bits per heavy atom. The number of carbonyl (C=O) groups excluding carboxylic acids is 1. The van der Waals surface area contributed by atoms with Crippen LogP contribution in [0.15, 0.2) is 36.5 Å². The van der Waals surface area contributed by atoms with E-state index >= 15 is 0 Å². The molecule has 0 saturated heterocycles. The molecule has 84 valence electrons. The first-order chi connectivity index (χ1) is 8.25. The second kappa shape index (κ2) is 3.70. The summed E-state index contributed by atoms with van der Waals surface area (Å²) in [5.74, 6) is 0.00750. The average Bonchev–Trinajstić information content (AvgIpc) is 2.48. The van der Waals surface area contributed by atoms with E-state index in [0.717, 1.165) is 29.5 Å². The SMILES string of the molecule is Nc1cnc2c(c1)CCc1ccccc1C2=O. The molecular weight excluding hydrogens is 212 g/mol. The van der Waals surface area contributed by atoms with E-state index in [4.69, 9.17) is 5.73 Å². The second-order valence-corrected chi connectivity index (χ2v) is 4.26. The molecule has 0 aliphatic heterocycles. The van der Waals surface area contributed by atoms with Crippen LogP contribution in [0, 0.1) is 0 Å². The van der Waals surface area contributed by atoms with Crippen LogP contribution in [-0.4, -0.2) is 10.8 Å². The molecule has 0 spiro atoms. The summed E-state index contributed by atoms with van der Waals surface area (Å²) >= 11 is 0. The normalized spacial score (nSPS) is 13.8. The van der Waals surface area contributed by atoms with Crippen molar-refractivity contribution in [2.45, 2.75) is 12.8 Å². The number of hydrogen-bond acceptors (Lipinski definition) is 3. The fourth-order valence-electron chi connectivity index (χ4n) is 2.28. The maximum absolute atomic E-state index is 12.3. The van der Waals surface area contributed by atoms with Crippen molar-refractivity contribution >= 4 is 11.5 Å². The fraction of sp³-hybridized carbons (Fsp3) is 0.143. The van der Waals surface area contributed by atoms with E-state index in [9.17, 15) is 4.79 Å². The number of nitrogens with zero attached hydrogens (tertiary/aromatic N) is 1. The molecule has 1 aromatic heterocycles. The van der Waals surface area contributed by atoms with Crippen molar-refractivity contribution in [1.29, 1.82) is 0 Å². The molecule has 0 saturated carbocycles. The zero-order valence-corrected chi connectivity index (χ0v) is 9.31. The van der Waals surface area contributed by atoms with Gasteiger partial charge in [-0.3, -0.25) is 9.78 Å². The summed E-state index contributed by atoms with van der Waals surface area (Å²) in [7, 11) is 0. The maximum atomic E-state index is 12.3. The molecule has 1 aromatic carbocycles. The van der Waals surface area contributed by atoms with Crippen molar-refractivity contribution in [3.8, 4) is 0 Å². The van der Waals surface area contributed by atoms with Crippen LogP contribution in [0.1, 0.15) is 27.2 Å². The van der Waals surface area contributed by atoms with Crippen molar-refractivity contribution in [1.82, 2.24) is 4.98 Å². The van der Waals surface area contributed by atoms with Crippen LogP contribution in [0.2, 0.25) is 0 Å². The topological polar surface area (TPSA) is 56.0 Å². The van der Waals surface area contributed by atoms with Gasteiger partial charge in [0.2, 0.25) is 5.78 Å². The van der Waals surface area contributed by atoms with Crippen LogP contribution in [-0.2, 0) is 12.8 Å². The lowest BCUT2D eigenvalue weighted by molar-refractivity contribution is 0.103. The summed E-state index contributed by atoms with van der Waals surface area (Å²) in [6.45, 7) is 0. The summed E-state index contributed by atoms with van der Waals surface area (Å²) in [6, 6.07) is 9.57. The number of aromatic nitrogens is 1. The van der Waals surface area contributed by atoms with E-state index in [1.807, 2.05) is 30.3 Å². The number of ketones is 1. The van der Waals surface area contributed by atoms with E-state index < -0.39 is 0 Å². The number of hydrogen-bond donors (Lipinski definition) is 1. The molecule has 3 nitrogen and oxygen atoms in total. The number of nitrogens with two attached hydrogens (primary N) is 1. The number of fused-ring (bicyclic) bond motifs is 2. The van der Waals surface area contributed by atoms with Crippen molar-refractivity contribution in [2.24, 2.45) is 0 Å². The van der Waals surface area contributed by atoms with E-state index in [2.05, 4.69) is 4.98 Å². The molecular formula is C14H12N2O. The molecule has 2 N–H and O–H groups in total. The largest absolute Gasteiger partial charge is 0.397 e.